The molecule has 2 aromatic carbocycles. The van der Waals surface area contributed by atoms with E-state index in [1.165, 1.54) is 31.0 Å². The summed E-state index contributed by atoms with van der Waals surface area (Å²) < 4.78 is 4.68. The van der Waals surface area contributed by atoms with Crippen molar-refractivity contribution in [3.05, 3.63) is 60.2 Å². The average Bonchev–Trinajstić information content (AvgIpc) is 3.00. The van der Waals surface area contributed by atoms with E-state index in [2.05, 4.69) is 10.1 Å². The first-order valence-electron chi connectivity index (χ1n) is 9.82. The molecule has 2 aromatic rings. The third kappa shape index (κ3) is 5.73. The molecule has 1 aliphatic rings. The lowest BCUT2D eigenvalue weighted by Crippen LogP contribution is -2.32. The van der Waals surface area contributed by atoms with Gasteiger partial charge in [-0.15, -0.1) is 0 Å². The highest BCUT2D eigenvalue weighted by Gasteiger charge is 2.41. The Morgan fingerprint density at radius 2 is 1.74 bits per heavy atom. The van der Waals surface area contributed by atoms with Gasteiger partial charge in [-0.2, -0.15) is 0 Å². The number of amides is 2. The Morgan fingerprint density at radius 3 is 2.32 bits per heavy atom. The Bertz CT molecular complexity index is 998. The predicted molar refractivity (Wildman–Crippen MR) is 124 cm³/mol. The van der Waals surface area contributed by atoms with Crippen molar-refractivity contribution in [3.8, 4) is 0 Å². The third-order valence-corrected chi connectivity index (χ3v) is 5.44. The number of hydrogen-bond donors (Lipinski definition) is 1. The molecule has 1 aliphatic heterocycles. The molecule has 2 amide bonds. The minimum Gasteiger partial charge on any atom is -0.465 e. The number of carbonyl (C=O) groups is 3. The van der Waals surface area contributed by atoms with Crippen molar-refractivity contribution in [2.75, 3.05) is 17.3 Å². The monoisotopic (exact) mass is 439 g/mol. The van der Waals surface area contributed by atoms with Crippen molar-refractivity contribution in [1.29, 1.82) is 0 Å². The van der Waals surface area contributed by atoms with Crippen LogP contribution in [0, 0.1) is 0 Å². The highest BCUT2D eigenvalue weighted by molar-refractivity contribution is 8.15. The lowest BCUT2D eigenvalue weighted by Gasteiger charge is -2.19. The summed E-state index contributed by atoms with van der Waals surface area (Å²) in [5.74, 6) is -1.07. The minimum atomic E-state index is -0.593. The first kappa shape index (κ1) is 22.6. The predicted octanol–water partition coefficient (Wildman–Crippen LogP) is 4.10. The number of nitrogens with zero attached hydrogens (tertiary/aromatic N) is 2. The second kappa shape index (κ2) is 9.34. The number of carbonyl (C=O) groups excluding carboxylic acids is 3. The van der Waals surface area contributed by atoms with Gasteiger partial charge in [-0.3, -0.25) is 14.6 Å². The number of esters is 1. The Balaban J connectivity index is 1.79. The molecule has 1 saturated heterocycles. The topological polar surface area (TPSA) is 88.1 Å². The van der Waals surface area contributed by atoms with Crippen molar-refractivity contribution in [2.24, 2.45) is 4.99 Å². The van der Waals surface area contributed by atoms with Crippen molar-refractivity contribution in [1.82, 2.24) is 0 Å². The van der Waals surface area contributed by atoms with E-state index in [0.717, 1.165) is 10.6 Å². The molecule has 1 heterocycles. The van der Waals surface area contributed by atoms with Gasteiger partial charge in [0.1, 0.15) is 5.25 Å². The summed E-state index contributed by atoms with van der Waals surface area (Å²) in [4.78, 5) is 43.2. The quantitative estimate of drug-likeness (QED) is 0.334. The van der Waals surface area contributed by atoms with Crippen molar-refractivity contribution in [2.45, 2.75) is 38.0 Å². The van der Waals surface area contributed by atoms with Crippen LogP contribution in [-0.4, -0.2) is 40.8 Å². The van der Waals surface area contributed by atoms with E-state index in [1.807, 2.05) is 51.1 Å². The lowest BCUT2D eigenvalue weighted by atomic mass is 10.1. The van der Waals surface area contributed by atoms with Crippen LogP contribution in [0.3, 0.4) is 0 Å². The van der Waals surface area contributed by atoms with Gasteiger partial charge in [0.2, 0.25) is 11.8 Å². The summed E-state index contributed by atoms with van der Waals surface area (Å²) in [6.45, 7) is 5.91. The number of aliphatic imine (C=N–C) groups is 1. The minimum absolute atomic E-state index is 0.0713. The molecule has 7 nitrogen and oxygen atoms in total. The molecule has 0 saturated carbocycles. The smallest absolute Gasteiger partial charge is 0.337 e. The van der Waals surface area contributed by atoms with Gasteiger partial charge in [0.15, 0.2) is 5.17 Å². The number of benzene rings is 2. The maximum Gasteiger partial charge on any atom is 0.337 e. The van der Waals surface area contributed by atoms with Gasteiger partial charge in [-0.1, -0.05) is 30.0 Å². The Morgan fingerprint density at radius 1 is 1.10 bits per heavy atom. The van der Waals surface area contributed by atoms with Crippen LogP contribution >= 0.6 is 11.8 Å². The maximum absolute atomic E-state index is 13.1. The normalized spacial score (nSPS) is 17.1. The average molecular weight is 440 g/mol. The van der Waals surface area contributed by atoms with Gasteiger partial charge in [-0.25, -0.2) is 9.69 Å². The molecule has 162 valence electrons. The number of thioether (sulfide) groups is 1. The van der Waals surface area contributed by atoms with Crippen LogP contribution in [0.15, 0.2) is 59.6 Å². The Labute approximate surface area is 185 Å². The maximum atomic E-state index is 13.1. The van der Waals surface area contributed by atoms with Crippen molar-refractivity contribution in [3.63, 3.8) is 0 Å². The molecule has 1 N–H and O–H groups in total. The van der Waals surface area contributed by atoms with Crippen LogP contribution in [0.4, 0.5) is 11.4 Å². The summed E-state index contributed by atoms with van der Waals surface area (Å²) >= 11 is 1.25. The number of methoxy groups -OCH3 is 1. The summed E-state index contributed by atoms with van der Waals surface area (Å²) in [5.41, 5.74) is 1.27. The SMILES string of the molecule is COC(=O)c1ccc(N2C(=O)CC(SC(=NC(C)(C)C)Nc3ccccc3)C2=O)cc1. The van der Waals surface area contributed by atoms with Gasteiger partial charge in [-0.05, 0) is 57.2 Å². The van der Waals surface area contributed by atoms with Crippen molar-refractivity contribution >= 4 is 46.1 Å². The molecule has 31 heavy (non-hydrogen) atoms. The van der Waals surface area contributed by atoms with Crippen LogP contribution in [-0.2, 0) is 14.3 Å². The zero-order chi connectivity index (χ0) is 22.6. The molecular formula is C23H25N3O4S. The van der Waals surface area contributed by atoms with E-state index in [0.29, 0.717) is 16.4 Å². The molecule has 0 aromatic heterocycles. The number of rotatable bonds is 4. The van der Waals surface area contributed by atoms with E-state index in [-0.39, 0.29) is 23.8 Å². The Kier molecular flexibility index (Phi) is 6.80. The molecule has 0 aliphatic carbocycles. The molecule has 1 atom stereocenters. The van der Waals surface area contributed by atoms with Crippen LogP contribution < -0.4 is 10.2 Å². The Hall–Kier alpha value is -3.13. The van der Waals surface area contributed by atoms with Crippen LogP contribution in [0.5, 0.6) is 0 Å². The fourth-order valence-electron chi connectivity index (χ4n) is 3.00. The lowest BCUT2D eigenvalue weighted by molar-refractivity contribution is -0.121. The van der Waals surface area contributed by atoms with Gasteiger partial charge < -0.3 is 10.1 Å². The number of para-hydroxylation sites is 1. The number of hydrogen-bond acceptors (Lipinski definition) is 6. The fourth-order valence-corrected chi connectivity index (χ4v) is 4.20. The van der Waals surface area contributed by atoms with E-state index in [4.69, 9.17) is 4.99 Å². The summed E-state index contributed by atoms with van der Waals surface area (Å²) in [5, 5.41) is 3.24. The van der Waals surface area contributed by atoms with Crippen LogP contribution in [0.25, 0.3) is 0 Å². The van der Waals surface area contributed by atoms with E-state index < -0.39 is 11.2 Å². The molecule has 8 heteroatoms. The zero-order valence-electron chi connectivity index (χ0n) is 17.9. The number of amidine groups is 1. The van der Waals surface area contributed by atoms with E-state index in [1.54, 1.807) is 12.1 Å². The summed E-state index contributed by atoms with van der Waals surface area (Å²) in [6, 6.07) is 15.8. The number of ether oxygens (including phenoxy) is 1. The zero-order valence-corrected chi connectivity index (χ0v) is 18.7. The number of nitrogens with one attached hydrogen (secondary N) is 1. The molecule has 0 radical (unpaired) electrons. The van der Waals surface area contributed by atoms with Gasteiger partial charge in [0.25, 0.3) is 0 Å². The second-order valence-corrected chi connectivity index (χ2v) is 9.19. The van der Waals surface area contributed by atoms with Gasteiger partial charge in [0, 0.05) is 12.1 Å². The summed E-state index contributed by atoms with van der Waals surface area (Å²) in [7, 11) is 1.30. The first-order chi connectivity index (χ1) is 14.7. The summed E-state index contributed by atoms with van der Waals surface area (Å²) in [6.07, 6.45) is 0.0713. The van der Waals surface area contributed by atoms with Gasteiger partial charge in [0.05, 0.1) is 23.9 Å². The van der Waals surface area contributed by atoms with Crippen LogP contribution in [0.2, 0.25) is 0 Å². The second-order valence-electron chi connectivity index (χ2n) is 8.00. The number of anilines is 2. The standard InChI is InChI=1S/C23H25N3O4S/c1-23(2,3)25-22(24-16-8-6-5-7-9-16)31-18-14-19(27)26(20(18)28)17-12-10-15(11-13-17)21(29)30-4/h5-13,18H,14H2,1-4H3,(H,24,25). The molecule has 0 bridgehead atoms. The van der Waals surface area contributed by atoms with Crippen molar-refractivity contribution < 1.29 is 19.1 Å². The first-order valence-corrected chi connectivity index (χ1v) is 10.7. The fraction of sp³-hybridized carbons (Fsp3) is 0.304. The highest BCUT2D eigenvalue weighted by Crippen LogP contribution is 2.31. The highest BCUT2D eigenvalue weighted by atomic mass is 32.2. The van der Waals surface area contributed by atoms with E-state index in [9.17, 15) is 14.4 Å². The third-order valence-electron chi connectivity index (χ3n) is 4.37. The van der Waals surface area contributed by atoms with Crippen LogP contribution in [0.1, 0.15) is 37.6 Å². The molecule has 0 spiro atoms. The largest absolute Gasteiger partial charge is 0.465 e. The molecule has 3 rings (SSSR count). The molecule has 1 unspecified atom stereocenters. The van der Waals surface area contributed by atoms with E-state index >= 15 is 0 Å². The molecular weight excluding hydrogens is 414 g/mol. The van der Waals surface area contributed by atoms with Gasteiger partial charge >= 0.3 is 5.97 Å². The molecule has 1 fully saturated rings. The number of imide groups is 1.